The second-order valence-corrected chi connectivity index (χ2v) is 6.70. The number of aromatic nitrogens is 4. The normalized spacial score (nSPS) is 13.1. The van der Waals surface area contributed by atoms with Crippen LogP contribution in [0, 0.1) is 13.8 Å². The molecule has 0 fully saturated rings. The molecule has 3 rings (SSSR count). The van der Waals surface area contributed by atoms with Crippen LogP contribution in [0.2, 0.25) is 0 Å². The lowest BCUT2D eigenvalue weighted by Gasteiger charge is -2.17. The molecule has 1 amide bonds. The topological polar surface area (TPSA) is 64.7 Å². The molecule has 0 aliphatic carbocycles. The van der Waals surface area contributed by atoms with Crippen molar-refractivity contribution < 1.29 is 18.0 Å². The third-order valence-corrected chi connectivity index (χ3v) is 4.76. The van der Waals surface area contributed by atoms with Crippen molar-refractivity contribution in [3.63, 3.8) is 0 Å². The Hall–Kier alpha value is -2.84. The maximum Gasteiger partial charge on any atom is 0.449 e. The third kappa shape index (κ3) is 3.61. The van der Waals surface area contributed by atoms with Crippen molar-refractivity contribution in [3.8, 4) is 0 Å². The summed E-state index contributed by atoms with van der Waals surface area (Å²) in [6.45, 7) is 7.75. The van der Waals surface area contributed by atoms with E-state index >= 15 is 0 Å². The van der Waals surface area contributed by atoms with Crippen LogP contribution in [0.5, 0.6) is 0 Å². The molecule has 0 bridgehead atoms. The van der Waals surface area contributed by atoms with Crippen LogP contribution in [-0.2, 0) is 24.1 Å². The molecule has 0 spiro atoms. The molecule has 2 aromatic heterocycles. The van der Waals surface area contributed by atoms with E-state index < -0.39 is 24.5 Å². The average Bonchev–Trinajstić information content (AvgIpc) is 3.12. The van der Waals surface area contributed by atoms with Gasteiger partial charge in [0.1, 0.15) is 6.54 Å². The lowest BCUT2D eigenvalue weighted by atomic mass is 10.1. The maximum absolute atomic E-state index is 13.4. The van der Waals surface area contributed by atoms with E-state index in [2.05, 4.69) is 15.4 Å². The van der Waals surface area contributed by atoms with Gasteiger partial charge in [0, 0.05) is 17.8 Å². The van der Waals surface area contributed by atoms with Gasteiger partial charge in [0.2, 0.25) is 11.7 Å². The molecule has 28 heavy (non-hydrogen) atoms. The van der Waals surface area contributed by atoms with Crippen LogP contribution in [0.1, 0.15) is 42.7 Å². The van der Waals surface area contributed by atoms with Gasteiger partial charge in [-0.25, -0.2) is 4.98 Å². The van der Waals surface area contributed by atoms with Crippen molar-refractivity contribution in [2.75, 3.05) is 0 Å². The first-order chi connectivity index (χ1) is 13.1. The third-order valence-electron chi connectivity index (χ3n) is 4.76. The Bertz CT molecular complexity index is 1020. The average molecular weight is 393 g/mol. The van der Waals surface area contributed by atoms with E-state index in [-0.39, 0.29) is 17.1 Å². The van der Waals surface area contributed by atoms with Crippen LogP contribution in [0.25, 0.3) is 11.0 Å². The standard InChI is InChI=1S/C19H22F3N5O/c1-5-27-13(4)17(12(3)25-27)11(2)23-16(28)10-26-15-9-7-6-8-14(15)24-18(26)19(20,21)22/h6-9,11H,5,10H2,1-4H3,(H,23,28). The minimum Gasteiger partial charge on any atom is -0.348 e. The summed E-state index contributed by atoms with van der Waals surface area (Å²) in [7, 11) is 0. The number of hydrogen-bond acceptors (Lipinski definition) is 3. The molecule has 6 nitrogen and oxygen atoms in total. The van der Waals surface area contributed by atoms with Gasteiger partial charge < -0.3 is 9.88 Å². The molecule has 0 aliphatic rings. The molecule has 1 unspecified atom stereocenters. The van der Waals surface area contributed by atoms with Crippen LogP contribution in [0.4, 0.5) is 13.2 Å². The number of aryl methyl sites for hydroxylation is 2. The number of hydrogen-bond donors (Lipinski definition) is 1. The summed E-state index contributed by atoms with van der Waals surface area (Å²) in [5, 5.41) is 7.21. The Labute approximate surface area is 160 Å². The number of fused-ring (bicyclic) bond motifs is 1. The Kier molecular flexibility index (Phi) is 5.18. The highest BCUT2D eigenvalue weighted by Gasteiger charge is 2.38. The molecule has 0 aliphatic heterocycles. The fourth-order valence-electron chi connectivity index (χ4n) is 3.60. The fraction of sp³-hybridized carbons (Fsp3) is 0.421. The summed E-state index contributed by atoms with van der Waals surface area (Å²) in [5.74, 6) is -1.60. The number of carbonyl (C=O) groups excluding carboxylic acids is 1. The quantitative estimate of drug-likeness (QED) is 0.718. The molecule has 3 aromatic rings. The first-order valence-electron chi connectivity index (χ1n) is 8.99. The SMILES string of the molecule is CCn1nc(C)c(C(C)NC(=O)Cn2c(C(F)(F)F)nc3ccccc32)c1C. The van der Waals surface area contributed by atoms with Gasteiger partial charge in [0.25, 0.3) is 0 Å². The van der Waals surface area contributed by atoms with Gasteiger partial charge in [-0.05, 0) is 39.8 Å². The highest BCUT2D eigenvalue weighted by Crippen LogP contribution is 2.31. The number of para-hydroxylation sites is 2. The van der Waals surface area contributed by atoms with E-state index in [1.165, 1.54) is 12.1 Å². The summed E-state index contributed by atoms with van der Waals surface area (Å²) in [4.78, 5) is 16.2. The largest absolute Gasteiger partial charge is 0.449 e. The molecule has 1 atom stereocenters. The highest BCUT2D eigenvalue weighted by molar-refractivity contribution is 5.81. The number of benzene rings is 1. The van der Waals surface area contributed by atoms with Crippen molar-refractivity contribution in [1.82, 2.24) is 24.6 Å². The molecule has 150 valence electrons. The number of halogens is 3. The smallest absolute Gasteiger partial charge is 0.348 e. The summed E-state index contributed by atoms with van der Waals surface area (Å²) in [6, 6.07) is 5.87. The number of alkyl halides is 3. The van der Waals surface area contributed by atoms with Gasteiger partial charge >= 0.3 is 6.18 Å². The Morgan fingerprint density at radius 3 is 2.54 bits per heavy atom. The molecule has 0 saturated carbocycles. The zero-order valence-corrected chi connectivity index (χ0v) is 16.1. The molecule has 2 heterocycles. The minimum absolute atomic E-state index is 0.201. The molecule has 1 aromatic carbocycles. The minimum atomic E-state index is -4.65. The second kappa shape index (κ2) is 7.29. The monoisotopic (exact) mass is 393 g/mol. The summed E-state index contributed by atoms with van der Waals surface area (Å²) in [5.41, 5.74) is 3.06. The van der Waals surface area contributed by atoms with E-state index in [0.29, 0.717) is 6.54 Å². The van der Waals surface area contributed by atoms with Gasteiger partial charge in [-0.3, -0.25) is 9.48 Å². The van der Waals surface area contributed by atoms with Crippen LogP contribution >= 0.6 is 0 Å². The van der Waals surface area contributed by atoms with Crippen LogP contribution < -0.4 is 5.32 Å². The van der Waals surface area contributed by atoms with Gasteiger partial charge in [0.05, 0.1) is 22.8 Å². The van der Waals surface area contributed by atoms with E-state index in [0.717, 1.165) is 21.5 Å². The molecule has 1 N–H and O–H groups in total. The predicted molar refractivity (Wildman–Crippen MR) is 98.7 cm³/mol. The number of amides is 1. The van der Waals surface area contributed by atoms with Gasteiger partial charge in [-0.15, -0.1) is 0 Å². The highest BCUT2D eigenvalue weighted by atomic mass is 19.4. The molecule has 0 saturated heterocycles. The number of nitrogens with zero attached hydrogens (tertiary/aromatic N) is 4. The lowest BCUT2D eigenvalue weighted by Crippen LogP contribution is -2.32. The van der Waals surface area contributed by atoms with Crippen LogP contribution in [0.15, 0.2) is 24.3 Å². The molecular weight excluding hydrogens is 371 g/mol. The van der Waals surface area contributed by atoms with Crippen molar-refractivity contribution in [3.05, 3.63) is 47.0 Å². The van der Waals surface area contributed by atoms with Crippen molar-refractivity contribution in [1.29, 1.82) is 0 Å². The zero-order valence-electron chi connectivity index (χ0n) is 16.1. The number of carbonyl (C=O) groups is 1. The number of imidazole rings is 1. The Morgan fingerprint density at radius 1 is 1.25 bits per heavy atom. The lowest BCUT2D eigenvalue weighted by molar-refractivity contribution is -0.147. The van der Waals surface area contributed by atoms with Crippen molar-refractivity contribution in [2.45, 2.75) is 53.0 Å². The molecular formula is C19H22F3N5O. The fourth-order valence-corrected chi connectivity index (χ4v) is 3.60. The Morgan fingerprint density at radius 2 is 1.93 bits per heavy atom. The summed E-state index contributed by atoms with van der Waals surface area (Å²) < 4.78 is 42.9. The van der Waals surface area contributed by atoms with E-state index in [9.17, 15) is 18.0 Å². The number of rotatable bonds is 5. The summed E-state index contributed by atoms with van der Waals surface area (Å²) in [6.07, 6.45) is -4.65. The molecule has 9 heteroatoms. The van der Waals surface area contributed by atoms with Gasteiger partial charge in [0.15, 0.2) is 0 Å². The first-order valence-corrected chi connectivity index (χ1v) is 8.99. The van der Waals surface area contributed by atoms with Crippen LogP contribution in [0.3, 0.4) is 0 Å². The maximum atomic E-state index is 13.4. The molecule has 0 radical (unpaired) electrons. The van der Waals surface area contributed by atoms with Gasteiger partial charge in [-0.1, -0.05) is 12.1 Å². The Balaban J connectivity index is 1.87. The van der Waals surface area contributed by atoms with Crippen molar-refractivity contribution >= 4 is 16.9 Å². The number of nitrogens with one attached hydrogen (secondary N) is 1. The van der Waals surface area contributed by atoms with Crippen LogP contribution in [-0.4, -0.2) is 25.2 Å². The van der Waals surface area contributed by atoms with E-state index in [4.69, 9.17) is 0 Å². The predicted octanol–water partition coefficient (Wildman–Crippen LogP) is 3.77. The van der Waals surface area contributed by atoms with E-state index in [1.54, 1.807) is 19.1 Å². The van der Waals surface area contributed by atoms with E-state index in [1.807, 2.05) is 25.5 Å². The second-order valence-electron chi connectivity index (χ2n) is 6.70. The zero-order chi connectivity index (χ0) is 20.6. The van der Waals surface area contributed by atoms with Crippen molar-refractivity contribution in [2.24, 2.45) is 0 Å². The first kappa shape index (κ1) is 19.9. The van der Waals surface area contributed by atoms with Gasteiger partial charge in [-0.2, -0.15) is 18.3 Å². The summed E-state index contributed by atoms with van der Waals surface area (Å²) >= 11 is 0.